The van der Waals surface area contributed by atoms with Crippen LogP contribution in [0, 0.1) is 16.7 Å². The first-order chi connectivity index (χ1) is 27.2. The highest BCUT2D eigenvalue weighted by molar-refractivity contribution is 6.32. The molecule has 1 aromatic heterocycles. The number of pyridine rings is 1. The smallest absolute Gasteiger partial charge is 0.337 e. The summed E-state index contributed by atoms with van der Waals surface area (Å²) in [6.45, 7) is 7.23. The first-order valence-corrected chi connectivity index (χ1v) is 19.2. The lowest BCUT2D eigenvalue weighted by molar-refractivity contribution is -0.167. The molecule has 1 fully saturated rings. The van der Waals surface area contributed by atoms with E-state index >= 15 is 0 Å². The summed E-state index contributed by atoms with van der Waals surface area (Å²) in [5, 5.41) is 42.8. The van der Waals surface area contributed by atoms with Crippen molar-refractivity contribution in [2.45, 2.75) is 69.9 Å². The second kappa shape index (κ2) is 18.6. The summed E-state index contributed by atoms with van der Waals surface area (Å²) in [7, 11) is 1.28. The van der Waals surface area contributed by atoms with Crippen molar-refractivity contribution in [1.29, 1.82) is 5.26 Å². The summed E-state index contributed by atoms with van der Waals surface area (Å²) < 4.78 is 24.5. The maximum atomic E-state index is 12.1. The van der Waals surface area contributed by atoms with Crippen LogP contribution >= 0.6 is 11.6 Å². The van der Waals surface area contributed by atoms with Gasteiger partial charge in [0.15, 0.2) is 5.60 Å². The van der Waals surface area contributed by atoms with Crippen LogP contribution in [0.15, 0.2) is 79.2 Å². The molecule has 3 aromatic rings. The number of hydrogen-bond acceptors (Lipinski definition) is 12. The number of nitriles is 1. The minimum atomic E-state index is -1.63. The lowest BCUT2D eigenvalue weighted by Crippen LogP contribution is -2.52. The molecule has 2 aromatic carbocycles. The third-order valence-corrected chi connectivity index (χ3v) is 11.3. The fourth-order valence-corrected chi connectivity index (χ4v) is 7.26. The largest absolute Gasteiger partial charge is 0.488 e. The maximum absolute atomic E-state index is 12.1. The van der Waals surface area contributed by atoms with E-state index in [-0.39, 0.29) is 24.8 Å². The predicted molar refractivity (Wildman–Crippen MR) is 213 cm³/mol. The van der Waals surface area contributed by atoms with Crippen LogP contribution in [0.4, 0.5) is 0 Å². The predicted octanol–water partition coefficient (Wildman–Crippen LogP) is 5.31. The Kier molecular flexibility index (Phi) is 14.2. The van der Waals surface area contributed by atoms with Crippen LogP contribution in [0.25, 0.3) is 5.57 Å². The highest BCUT2D eigenvalue weighted by Crippen LogP contribution is 2.49. The molecule has 2 aliphatic rings. The van der Waals surface area contributed by atoms with Crippen LogP contribution in [0.3, 0.4) is 0 Å². The van der Waals surface area contributed by atoms with Gasteiger partial charge in [-0.3, -0.25) is 15.1 Å². The van der Waals surface area contributed by atoms with Crippen molar-refractivity contribution < 1.29 is 43.9 Å². The van der Waals surface area contributed by atoms with E-state index in [1.807, 2.05) is 30.4 Å². The van der Waals surface area contributed by atoms with Crippen molar-refractivity contribution in [2.75, 3.05) is 46.6 Å². The molecule has 0 spiro atoms. The van der Waals surface area contributed by atoms with E-state index in [4.69, 9.17) is 30.5 Å². The number of hydrogen-bond donors (Lipinski definition) is 4. The van der Waals surface area contributed by atoms with E-state index < -0.39 is 40.7 Å². The Hall–Kier alpha value is -4.81. The number of carbonyl (C=O) groups excluding carboxylic acids is 1. The van der Waals surface area contributed by atoms with Gasteiger partial charge in [-0.2, -0.15) is 5.26 Å². The molecule has 304 valence electrons. The molecule has 1 aliphatic heterocycles. The van der Waals surface area contributed by atoms with Gasteiger partial charge in [0, 0.05) is 67.8 Å². The monoisotopic (exact) mass is 802 g/mol. The van der Waals surface area contributed by atoms with Crippen molar-refractivity contribution in [1.82, 2.24) is 15.2 Å². The van der Waals surface area contributed by atoms with E-state index in [1.165, 1.54) is 20.2 Å². The first kappa shape index (κ1) is 43.3. The number of nitrogens with one attached hydrogen (secondary N) is 1. The summed E-state index contributed by atoms with van der Waals surface area (Å²) >= 11 is 6.88. The number of esters is 1. The number of aliphatic carboxylic acids is 1. The zero-order chi connectivity index (χ0) is 41.3. The van der Waals surface area contributed by atoms with Crippen molar-refractivity contribution in [3.63, 3.8) is 0 Å². The molecule has 2 heterocycles. The second-order valence-corrected chi connectivity index (χ2v) is 15.6. The first-order valence-electron chi connectivity index (χ1n) is 18.8. The number of aromatic nitrogens is 1. The van der Waals surface area contributed by atoms with Gasteiger partial charge in [0.1, 0.15) is 41.9 Å². The minimum absolute atomic E-state index is 0.0117. The number of carbonyl (C=O) groups is 2. The number of nitrogens with zero attached hydrogens (tertiary/aromatic N) is 3. The van der Waals surface area contributed by atoms with Gasteiger partial charge in [-0.15, -0.1) is 0 Å². The molecule has 0 bridgehead atoms. The van der Waals surface area contributed by atoms with Gasteiger partial charge < -0.3 is 39.2 Å². The summed E-state index contributed by atoms with van der Waals surface area (Å²) in [6, 6.07) is 17.1. The fraction of sp³-hybridized carbons (Fsp3) is 0.442. The van der Waals surface area contributed by atoms with E-state index in [2.05, 4.69) is 53.3 Å². The summed E-state index contributed by atoms with van der Waals surface area (Å²) in [5.41, 5.74) is -1.04. The number of methoxy groups -OCH3 is 1. The molecule has 0 saturated carbocycles. The number of carboxylic acids is 1. The third kappa shape index (κ3) is 10.0. The average molecular weight is 803 g/mol. The number of carboxylic acid groups (broad SMARTS) is 1. The van der Waals surface area contributed by atoms with Crippen molar-refractivity contribution in [2.24, 2.45) is 5.41 Å². The van der Waals surface area contributed by atoms with Crippen LogP contribution in [-0.2, 0) is 32.2 Å². The molecule has 14 heteroatoms. The van der Waals surface area contributed by atoms with E-state index in [9.17, 15) is 30.2 Å². The Morgan fingerprint density at radius 1 is 1.09 bits per heavy atom. The number of allylic oxidation sites excluding steroid dienone is 2. The van der Waals surface area contributed by atoms with Crippen LogP contribution in [0.2, 0.25) is 5.02 Å². The highest BCUT2D eigenvalue weighted by Gasteiger charge is 2.49. The van der Waals surface area contributed by atoms with Crippen LogP contribution < -0.4 is 14.8 Å². The molecule has 1 saturated heterocycles. The Morgan fingerprint density at radius 2 is 1.82 bits per heavy atom. The number of likely N-dealkylation sites (tertiary alicyclic amines) is 1. The number of halogens is 1. The van der Waals surface area contributed by atoms with Gasteiger partial charge in [-0.25, -0.2) is 4.79 Å². The third-order valence-electron chi connectivity index (χ3n) is 11.0. The van der Waals surface area contributed by atoms with Gasteiger partial charge in [0.2, 0.25) is 0 Å². The second-order valence-electron chi connectivity index (χ2n) is 15.2. The molecule has 0 amide bonds. The number of benzene rings is 2. The van der Waals surface area contributed by atoms with E-state index in [0.717, 1.165) is 11.1 Å². The van der Waals surface area contributed by atoms with Crippen LogP contribution in [0.1, 0.15) is 62.3 Å². The molecule has 13 nitrogen and oxygen atoms in total. The van der Waals surface area contributed by atoms with Gasteiger partial charge in [0.25, 0.3) is 0 Å². The number of piperidine rings is 1. The Morgan fingerprint density at radius 3 is 2.49 bits per heavy atom. The molecular formula is C43H51ClN4O9. The molecule has 2 atom stereocenters. The molecule has 2 unspecified atom stereocenters. The molecule has 1 aliphatic carbocycles. The Balaban J connectivity index is 1.39. The lowest BCUT2D eigenvalue weighted by atomic mass is 9.65. The van der Waals surface area contributed by atoms with Crippen LogP contribution in [-0.4, -0.2) is 100 Å². The number of aliphatic hydroxyl groups is 2. The topological polar surface area (TPSA) is 184 Å². The lowest BCUT2D eigenvalue weighted by Gasteiger charge is -2.47. The Labute approximate surface area is 338 Å². The Bertz CT molecular complexity index is 1990. The number of rotatable bonds is 18. The maximum Gasteiger partial charge on any atom is 0.337 e. The normalized spacial score (nSPS) is 19.8. The van der Waals surface area contributed by atoms with Gasteiger partial charge >= 0.3 is 11.9 Å². The molecule has 5 rings (SSSR count). The summed E-state index contributed by atoms with van der Waals surface area (Å²) in [5.74, 6) is -1.18. The van der Waals surface area contributed by atoms with Gasteiger partial charge in [0.05, 0.1) is 24.3 Å². The van der Waals surface area contributed by atoms with Gasteiger partial charge in [-0.1, -0.05) is 67.9 Å². The minimum Gasteiger partial charge on any atom is -0.488 e. The fourth-order valence-electron chi connectivity index (χ4n) is 7.02. The average Bonchev–Trinajstić information content (AvgIpc) is 3.21. The number of ether oxygens (including phenoxy) is 4. The quantitative estimate of drug-likeness (QED) is 0.0960. The highest BCUT2D eigenvalue weighted by atomic mass is 35.5. The summed E-state index contributed by atoms with van der Waals surface area (Å²) in [6.07, 6.45) is 10.4. The standard InChI is InChI=1S/C43H51ClN4O9/c1-40(2)34(32-10-6-5-7-11-32)12-8-13-43(40,57-19-9-16-48-17-14-42(53,15-18-48)39(52)54-4)29-56-37-22-36(55-27-31-20-30(23-45)24-46-25-31)33(21-35(37)44)26-47-41(3,28-49)38(50)51/h5-8,10-13,20-22,24-25,47,49,53H,9,14-19,26-29H2,1-4H3,(H,50,51). The number of aliphatic hydroxyl groups excluding tert-OH is 1. The SMILES string of the molecule is COC(=O)C1(O)CCN(CCCOC2(COc3cc(OCc4cncc(C#N)c4)c(CNC(C)(CO)C(=O)O)cc3Cl)C=CC=C(c3ccccc3)C2(C)C)CC1. The van der Waals surface area contributed by atoms with E-state index in [0.29, 0.717) is 73.7 Å². The van der Waals surface area contributed by atoms with Crippen molar-refractivity contribution >= 4 is 29.1 Å². The zero-order valence-corrected chi connectivity index (χ0v) is 33.6. The molecule has 57 heavy (non-hydrogen) atoms. The van der Waals surface area contributed by atoms with E-state index in [1.54, 1.807) is 24.4 Å². The van der Waals surface area contributed by atoms with Crippen molar-refractivity contribution in [3.05, 3.63) is 106 Å². The summed E-state index contributed by atoms with van der Waals surface area (Å²) in [4.78, 5) is 30.3. The zero-order valence-electron chi connectivity index (χ0n) is 32.8. The molecular weight excluding hydrogens is 752 g/mol. The molecule has 4 N–H and O–H groups in total. The molecule has 0 radical (unpaired) electrons. The van der Waals surface area contributed by atoms with Crippen LogP contribution in [0.5, 0.6) is 11.5 Å². The van der Waals surface area contributed by atoms with Crippen molar-refractivity contribution in [3.8, 4) is 17.6 Å². The van der Waals surface area contributed by atoms with Gasteiger partial charge in [-0.05, 0) is 55.5 Å².